The van der Waals surface area contributed by atoms with E-state index in [1.165, 1.54) is 0 Å². The lowest BCUT2D eigenvalue weighted by molar-refractivity contribution is 0.463. The van der Waals surface area contributed by atoms with Gasteiger partial charge in [-0.3, -0.25) is 9.89 Å². The summed E-state index contributed by atoms with van der Waals surface area (Å²) in [5, 5.41) is 15.1. The fourth-order valence-corrected chi connectivity index (χ4v) is 2.98. The number of nitrogens with zero attached hydrogens (tertiary/aromatic N) is 3. The zero-order valence-electron chi connectivity index (χ0n) is 12.5. The third-order valence-corrected chi connectivity index (χ3v) is 4.38. The summed E-state index contributed by atoms with van der Waals surface area (Å²) in [6, 6.07) is 9.90. The molecule has 22 heavy (non-hydrogen) atoms. The molecule has 1 atom stereocenters. The first kappa shape index (κ1) is 13.0. The number of fused-ring (bicyclic) bond motifs is 2. The highest BCUT2D eigenvalue weighted by Gasteiger charge is 2.14. The molecule has 0 bridgehead atoms. The second-order valence-electron chi connectivity index (χ2n) is 5.66. The van der Waals surface area contributed by atoms with Crippen LogP contribution in [-0.2, 0) is 0 Å². The van der Waals surface area contributed by atoms with Crippen molar-refractivity contribution in [2.24, 2.45) is 0 Å². The maximum absolute atomic E-state index is 12.8. The van der Waals surface area contributed by atoms with Crippen LogP contribution in [0.5, 0.6) is 0 Å². The van der Waals surface area contributed by atoms with Gasteiger partial charge in [-0.1, -0.05) is 13.0 Å². The fraction of sp³-hybridized carbons (Fsp3) is 0.235. The van der Waals surface area contributed by atoms with E-state index in [4.69, 9.17) is 0 Å². The van der Waals surface area contributed by atoms with Crippen molar-refractivity contribution < 1.29 is 0 Å². The van der Waals surface area contributed by atoms with Crippen LogP contribution in [-0.4, -0.2) is 20.0 Å². The molecule has 0 aliphatic heterocycles. The smallest absolute Gasteiger partial charge is 0.273 e. The van der Waals surface area contributed by atoms with Crippen molar-refractivity contribution in [2.75, 3.05) is 0 Å². The minimum absolute atomic E-state index is 0.00585. The molecule has 1 N–H and O–H groups in total. The van der Waals surface area contributed by atoms with Gasteiger partial charge in [0.25, 0.3) is 5.56 Å². The highest BCUT2D eigenvalue weighted by molar-refractivity contribution is 6.17. The van der Waals surface area contributed by atoms with E-state index in [-0.39, 0.29) is 11.6 Å². The van der Waals surface area contributed by atoms with Crippen LogP contribution in [0.4, 0.5) is 0 Å². The Kier molecular flexibility index (Phi) is 2.76. The maximum atomic E-state index is 12.8. The van der Waals surface area contributed by atoms with Gasteiger partial charge in [-0.2, -0.15) is 5.10 Å². The van der Waals surface area contributed by atoms with Gasteiger partial charge in [-0.15, -0.1) is 5.10 Å². The molecule has 0 aliphatic rings. The summed E-state index contributed by atoms with van der Waals surface area (Å²) in [5.74, 6) is 0. The molecule has 5 heteroatoms. The van der Waals surface area contributed by atoms with Crippen molar-refractivity contribution in [3.05, 3.63) is 46.9 Å². The first-order chi connectivity index (χ1) is 10.7. The van der Waals surface area contributed by atoms with E-state index in [0.29, 0.717) is 5.39 Å². The van der Waals surface area contributed by atoms with E-state index in [0.717, 1.165) is 33.6 Å². The van der Waals surface area contributed by atoms with Gasteiger partial charge in [0.05, 0.1) is 23.1 Å². The van der Waals surface area contributed by atoms with Crippen LogP contribution < -0.4 is 5.56 Å². The first-order valence-corrected chi connectivity index (χ1v) is 7.48. The van der Waals surface area contributed by atoms with Gasteiger partial charge in [-0.25, -0.2) is 4.68 Å². The van der Waals surface area contributed by atoms with Gasteiger partial charge in [0.15, 0.2) is 0 Å². The molecule has 0 aliphatic carbocycles. The summed E-state index contributed by atoms with van der Waals surface area (Å²) in [6.45, 7) is 4.12. The molecular formula is C17H16N4O. The number of aromatic nitrogens is 4. The molecule has 2 aromatic carbocycles. The minimum atomic E-state index is 0.00585. The topological polar surface area (TPSA) is 63.6 Å². The summed E-state index contributed by atoms with van der Waals surface area (Å²) in [4.78, 5) is 12.8. The monoisotopic (exact) mass is 292 g/mol. The van der Waals surface area contributed by atoms with Gasteiger partial charge in [-0.05, 0) is 37.6 Å². The Labute approximate surface area is 126 Å². The van der Waals surface area contributed by atoms with Gasteiger partial charge in [0.2, 0.25) is 0 Å². The maximum Gasteiger partial charge on any atom is 0.273 e. The molecule has 5 nitrogen and oxygen atoms in total. The van der Waals surface area contributed by atoms with Gasteiger partial charge < -0.3 is 0 Å². The number of rotatable bonds is 2. The number of aromatic amines is 1. The van der Waals surface area contributed by atoms with Crippen LogP contribution in [0, 0.1) is 0 Å². The Balaban J connectivity index is 2.27. The van der Waals surface area contributed by atoms with E-state index in [1.54, 1.807) is 10.9 Å². The predicted octanol–water partition coefficient (Wildman–Crippen LogP) is 3.40. The predicted molar refractivity (Wildman–Crippen MR) is 88.2 cm³/mol. The van der Waals surface area contributed by atoms with Crippen molar-refractivity contribution in [2.45, 2.75) is 26.3 Å². The second kappa shape index (κ2) is 4.66. The van der Waals surface area contributed by atoms with Crippen LogP contribution in [0.25, 0.3) is 32.6 Å². The highest BCUT2D eigenvalue weighted by Crippen LogP contribution is 2.29. The van der Waals surface area contributed by atoms with Crippen LogP contribution in [0.15, 0.2) is 41.3 Å². The van der Waals surface area contributed by atoms with Crippen molar-refractivity contribution in [1.29, 1.82) is 0 Å². The van der Waals surface area contributed by atoms with Crippen LogP contribution in [0.3, 0.4) is 0 Å². The second-order valence-corrected chi connectivity index (χ2v) is 5.66. The minimum Gasteiger partial charge on any atom is -0.295 e. The number of nitrogens with one attached hydrogen (secondary N) is 1. The largest absolute Gasteiger partial charge is 0.295 e. The van der Waals surface area contributed by atoms with Crippen molar-refractivity contribution >= 4 is 32.6 Å². The fourth-order valence-electron chi connectivity index (χ4n) is 2.98. The lowest BCUT2D eigenvalue weighted by atomic mass is 10.2. The Morgan fingerprint density at radius 1 is 1.18 bits per heavy atom. The third kappa shape index (κ3) is 1.68. The average Bonchev–Trinajstić information content (AvgIpc) is 2.88. The summed E-state index contributed by atoms with van der Waals surface area (Å²) >= 11 is 0. The summed E-state index contributed by atoms with van der Waals surface area (Å²) in [5.41, 5.74) is 1.78. The molecule has 2 heterocycles. The molecule has 4 aromatic rings. The highest BCUT2D eigenvalue weighted by atomic mass is 16.1. The number of hydrogen-bond acceptors (Lipinski definition) is 3. The lowest BCUT2D eigenvalue weighted by Gasteiger charge is -2.14. The van der Waals surface area contributed by atoms with Crippen molar-refractivity contribution in [1.82, 2.24) is 20.0 Å². The molecule has 0 saturated carbocycles. The molecule has 110 valence electrons. The van der Waals surface area contributed by atoms with Gasteiger partial charge >= 0.3 is 0 Å². The molecular weight excluding hydrogens is 276 g/mol. The normalized spacial score (nSPS) is 13.2. The molecule has 0 spiro atoms. The first-order valence-electron chi connectivity index (χ1n) is 7.48. The molecule has 2 aromatic heterocycles. The Bertz CT molecular complexity index is 1060. The van der Waals surface area contributed by atoms with Crippen LogP contribution in [0.1, 0.15) is 26.3 Å². The van der Waals surface area contributed by atoms with E-state index in [2.05, 4.69) is 22.2 Å². The zero-order chi connectivity index (χ0) is 15.3. The van der Waals surface area contributed by atoms with Crippen LogP contribution >= 0.6 is 0 Å². The van der Waals surface area contributed by atoms with Gasteiger partial charge in [0.1, 0.15) is 5.52 Å². The molecule has 0 amide bonds. The molecule has 0 saturated heterocycles. The Morgan fingerprint density at radius 2 is 2.00 bits per heavy atom. The summed E-state index contributed by atoms with van der Waals surface area (Å²) in [7, 11) is 0. The van der Waals surface area contributed by atoms with Crippen LogP contribution in [0.2, 0.25) is 0 Å². The lowest BCUT2D eigenvalue weighted by Crippen LogP contribution is -2.25. The SMILES string of the molecule is CCC(C)n1[nH]c2ccc3c4nnccc4ccc(c1=O)c23. The summed E-state index contributed by atoms with van der Waals surface area (Å²) in [6.07, 6.45) is 2.56. The molecule has 4 rings (SSSR count). The number of hydrogen-bond donors (Lipinski definition) is 1. The van der Waals surface area contributed by atoms with E-state index < -0.39 is 0 Å². The Hall–Kier alpha value is -2.69. The van der Waals surface area contributed by atoms with E-state index >= 15 is 0 Å². The number of H-pyrrole nitrogens is 1. The average molecular weight is 292 g/mol. The van der Waals surface area contributed by atoms with Gasteiger partial charge in [0, 0.05) is 16.2 Å². The Morgan fingerprint density at radius 3 is 2.82 bits per heavy atom. The van der Waals surface area contributed by atoms with Crippen molar-refractivity contribution in [3.8, 4) is 0 Å². The molecule has 0 fully saturated rings. The zero-order valence-corrected chi connectivity index (χ0v) is 12.5. The molecule has 0 radical (unpaired) electrons. The van der Waals surface area contributed by atoms with E-state index in [1.807, 2.05) is 37.3 Å². The van der Waals surface area contributed by atoms with Crippen molar-refractivity contribution in [3.63, 3.8) is 0 Å². The summed E-state index contributed by atoms with van der Waals surface area (Å²) < 4.78 is 1.72. The van der Waals surface area contributed by atoms with E-state index in [9.17, 15) is 4.79 Å². The third-order valence-electron chi connectivity index (χ3n) is 4.38. The standard InChI is InChI=1S/C17H16N4O/c1-3-10(2)21-17(22)13-5-4-11-8-9-18-19-16(11)12-6-7-14(20-21)15(12)13/h4-10,20H,3H2,1-2H3. The molecule has 1 unspecified atom stereocenters. The quantitative estimate of drug-likeness (QED) is 0.616.